The zero-order valence-corrected chi connectivity index (χ0v) is 17.2. The Hall–Kier alpha value is -2.03. The van der Waals surface area contributed by atoms with Crippen LogP contribution in [0.1, 0.15) is 37.4 Å². The van der Waals surface area contributed by atoms with E-state index in [2.05, 4.69) is 0 Å². The highest BCUT2D eigenvalue weighted by Gasteiger charge is 2.31. The summed E-state index contributed by atoms with van der Waals surface area (Å²) >= 11 is 1.59. The summed E-state index contributed by atoms with van der Waals surface area (Å²) in [6, 6.07) is 7.97. The van der Waals surface area contributed by atoms with E-state index in [0.717, 1.165) is 9.75 Å². The van der Waals surface area contributed by atoms with Crippen LogP contribution in [0.3, 0.4) is 0 Å². The van der Waals surface area contributed by atoms with Gasteiger partial charge in [0, 0.05) is 41.5 Å². The van der Waals surface area contributed by atoms with Gasteiger partial charge >= 0.3 is 0 Å². The summed E-state index contributed by atoms with van der Waals surface area (Å²) < 4.78 is 27.1. The zero-order chi connectivity index (χ0) is 19.8. The Kier molecular flexibility index (Phi) is 5.50. The second-order valence-corrected chi connectivity index (χ2v) is 10.0. The van der Waals surface area contributed by atoms with Crippen LogP contribution in [0.4, 0.5) is 0 Å². The smallest absolute Gasteiger partial charge is 0.255 e. The van der Waals surface area contributed by atoms with Crippen molar-refractivity contribution in [3.05, 3.63) is 51.2 Å². The molecule has 2 heterocycles. The lowest BCUT2D eigenvalue weighted by Gasteiger charge is -2.34. The van der Waals surface area contributed by atoms with E-state index >= 15 is 0 Å². The predicted molar refractivity (Wildman–Crippen MR) is 105 cm³/mol. The van der Waals surface area contributed by atoms with Gasteiger partial charge in [-0.2, -0.15) is 4.31 Å². The molecule has 0 bridgehead atoms. The monoisotopic (exact) mass is 406 g/mol. The molecule has 0 aliphatic carbocycles. The predicted octanol–water partition coefficient (Wildman–Crippen LogP) is 2.71. The highest BCUT2D eigenvalue weighted by molar-refractivity contribution is 7.89. The number of amides is 1. The lowest BCUT2D eigenvalue weighted by atomic mass is 10.2. The third-order valence-corrected chi connectivity index (χ3v) is 7.54. The Labute approximate surface area is 163 Å². The quantitative estimate of drug-likeness (QED) is 0.732. The average molecular weight is 407 g/mol. The van der Waals surface area contributed by atoms with Gasteiger partial charge in [0.15, 0.2) is 5.78 Å². The van der Waals surface area contributed by atoms with Crippen LogP contribution in [0.5, 0.6) is 0 Å². The molecule has 1 aromatic carbocycles. The van der Waals surface area contributed by atoms with E-state index in [1.165, 1.54) is 23.4 Å². The van der Waals surface area contributed by atoms with Gasteiger partial charge in [0.25, 0.3) is 5.91 Å². The maximum atomic E-state index is 12.9. The summed E-state index contributed by atoms with van der Waals surface area (Å²) in [6.45, 7) is 6.46. The average Bonchev–Trinajstić information content (AvgIpc) is 2.99. The van der Waals surface area contributed by atoms with E-state index < -0.39 is 10.0 Å². The zero-order valence-electron chi connectivity index (χ0n) is 15.6. The maximum absolute atomic E-state index is 12.9. The van der Waals surface area contributed by atoms with Crippen LogP contribution in [-0.2, 0) is 10.0 Å². The van der Waals surface area contributed by atoms with Gasteiger partial charge in [-0.1, -0.05) is 12.1 Å². The fourth-order valence-corrected chi connectivity index (χ4v) is 5.55. The minimum absolute atomic E-state index is 0.0486. The number of rotatable bonds is 4. The van der Waals surface area contributed by atoms with Crippen LogP contribution in [0.25, 0.3) is 0 Å². The molecule has 8 heteroatoms. The molecule has 1 aromatic heterocycles. The van der Waals surface area contributed by atoms with E-state index in [0.29, 0.717) is 24.2 Å². The number of benzene rings is 1. The minimum atomic E-state index is -3.69. The van der Waals surface area contributed by atoms with Gasteiger partial charge in [0.2, 0.25) is 10.0 Å². The molecule has 27 heavy (non-hydrogen) atoms. The van der Waals surface area contributed by atoms with Gasteiger partial charge in [-0.25, -0.2) is 8.42 Å². The minimum Gasteiger partial charge on any atom is -0.336 e. The summed E-state index contributed by atoms with van der Waals surface area (Å²) in [7, 11) is -3.69. The molecule has 0 unspecified atom stereocenters. The number of aryl methyl sites for hydroxylation is 2. The second-order valence-electron chi connectivity index (χ2n) is 6.61. The highest BCUT2D eigenvalue weighted by atomic mass is 32.2. The topological polar surface area (TPSA) is 74.8 Å². The third-order valence-electron chi connectivity index (χ3n) is 4.68. The molecule has 2 aromatic rings. The number of Topliss-reactive ketones (excluding diaryl/α,β-unsaturated/α-hetero) is 1. The molecule has 1 fully saturated rings. The van der Waals surface area contributed by atoms with Crippen molar-refractivity contribution in [1.29, 1.82) is 0 Å². The molecule has 1 aliphatic heterocycles. The number of sulfonamides is 1. The van der Waals surface area contributed by atoms with E-state index in [9.17, 15) is 18.0 Å². The first-order chi connectivity index (χ1) is 12.7. The third kappa shape index (κ3) is 3.97. The fourth-order valence-electron chi connectivity index (χ4n) is 3.17. The van der Waals surface area contributed by atoms with E-state index in [1.807, 2.05) is 19.9 Å². The lowest BCUT2D eigenvalue weighted by Crippen LogP contribution is -2.50. The molecule has 144 valence electrons. The SMILES string of the molecule is CC(=O)c1cccc(S(=O)(=O)N2CCN(C(=O)c3cc(C)sc3C)CC2)c1. The van der Waals surface area contributed by atoms with Crippen LogP contribution < -0.4 is 0 Å². The van der Waals surface area contributed by atoms with Crippen molar-refractivity contribution in [2.75, 3.05) is 26.2 Å². The standard InChI is InChI=1S/C19H22N2O4S2/c1-13-11-18(15(3)26-13)19(23)20-7-9-21(10-8-20)27(24,25)17-6-4-5-16(12-17)14(2)22/h4-6,11-12H,7-10H2,1-3H3. The Bertz CT molecular complexity index is 987. The number of nitrogens with zero attached hydrogens (tertiary/aromatic N) is 2. The van der Waals surface area contributed by atoms with Crippen molar-refractivity contribution >= 4 is 33.1 Å². The molecule has 3 rings (SSSR count). The van der Waals surface area contributed by atoms with Crippen molar-refractivity contribution in [2.24, 2.45) is 0 Å². The van der Waals surface area contributed by atoms with Crippen LogP contribution in [-0.4, -0.2) is 55.5 Å². The number of hydrogen-bond acceptors (Lipinski definition) is 5. The van der Waals surface area contributed by atoms with Crippen LogP contribution >= 0.6 is 11.3 Å². The molecule has 6 nitrogen and oxygen atoms in total. The molecular formula is C19H22N2O4S2. The number of thiophene rings is 1. The fraction of sp³-hybridized carbons (Fsp3) is 0.368. The first-order valence-electron chi connectivity index (χ1n) is 8.67. The first-order valence-corrected chi connectivity index (χ1v) is 10.9. The molecular weight excluding hydrogens is 384 g/mol. The number of piperazine rings is 1. The number of carbonyl (C=O) groups is 2. The summed E-state index contributed by atoms with van der Waals surface area (Å²) in [5.74, 6) is -0.226. The molecule has 0 spiro atoms. The van der Waals surface area contributed by atoms with Crippen molar-refractivity contribution < 1.29 is 18.0 Å². The molecule has 1 amide bonds. The van der Waals surface area contributed by atoms with Gasteiger partial charge < -0.3 is 4.90 Å². The first kappa shape index (κ1) is 19.7. The normalized spacial score (nSPS) is 15.7. The number of hydrogen-bond donors (Lipinski definition) is 0. The second kappa shape index (κ2) is 7.53. The van der Waals surface area contributed by atoms with E-state index in [1.54, 1.807) is 28.4 Å². The van der Waals surface area contributed by atoms with Gasteiger partial charge in [-0.3, -0.25) is 9.59 Å². The molecule has 1 saturated heterocycles. The maximum Gasteiger partial charge on any atom is 0.255 e. The largest absolute Gasteiger partial charge is 0.336 e. The highest BCUT2D eigenvalue weighted by Crippen LogP contribution is 2.24. The summed E-state index contributed by atoms with van der Waals surface area (Å²) in [5, 5.41) is 0. The van der Waals surface area contributed by atoms with Gasteiger partial charge in [-0.15, -0.1) is 11.3 Å². The number of carbonyl (C=O) groups excluding carboxylic acids is 2. The Morgan fingerprint density at radius 1 is 1.04 bits per heavy atom. The van der Waals surface area contributed by atoms with Crippen molar-refractivity contribution in [3.63, 3.8) is 0 Å². The Balaban J connectivity index is 1.73. The van der Waals surface area contributed by atoms with E-state index in [-0.39, 0.29) is 29.7 Å². The van der Waals surface area contributed by atoms with Crippen molar-refractivity contribution in [3.8, 4) is 0 Å². The van der Waals surface area contributed by atoms with Crippen molar-refractivity contribution in [1.82, 2.24) is 9.21 Å². The summed E-state index contributed by atoms with van der Waals surface area (Å²) in [4.78, 5) is 28.1. The summed E-state index contributed by atoms with van der Waals surface area (Å²) in [6.07, 6.45) is 0. The van der Waals surface area contributed by atoms with Gasteiger partial charge in [0.1, 0.15) is 0 Å². The molecule has 1 aliphatic rings. The van der Waals surface area contributed by atoms with Crippen molar-refractivity contribution in [2.45, 2.75) is 25.7 Å². The van der Waals surface area contributed by atoms with E-state index in [4.69, 9.17) is 0 Å². The van der Waals surface area contributed by atoms with Crippen LogP contribution in [0.15, 0.2) is 35.2 Å². The van der Waals surface area contributed by atoms with Gasteiger partial charge in [-0.05, 0) is 39.0 Å². The Morgan fingerprint density at radius 3 is 2.26 bits per heavy atom. The molecule has 0 saturated carbocycles. The molecule has 0 N–H and O–H groups in total. The lowest BCUT2D eigenvalue weighted by molar-refractivity contribution is 0.0697. The summed E-state index contributed by atoms with van der Waals surface area (Å²) in [5.41, 5.74) is 1.07. The van der Waals surface area contributed by atoms with Crippen LogP contribution in [0.2, 0.25) is 0 Å². The molecule has 0 atom stereocenters. The van der Waals surface area contributed by atoms with Crippen LogP contribution in [0, 0.1) is 13.8 Å². The van der Waals surface area contributed by atoms with Gasteiger partial charge in [0.05, 0.1) is 10.5 Å². The number of ketones is 1. The Morgan fingerprint density at radius 2 is 1.70 bits per heavy atom. The molecule has 0 radical (unpaired) electrons.